The zero-order valence-corrected chi connectivity index (χ0v) is 26.1. The maximum atomic E-state index is 13.6. The van der Waals surface area contributed by atoms with Gasteiger partial charge in [-0.05, 0) is 76.7 Å². The Hall–Kier alpha value is -3.80. The normalized spacial score (nSPS) is 17.5. The molecule has 12 heteroatoms. The number of carboxylic acids is 1. The van der Waals surface area contributed by atoms with Gasteiger partial charge in [0.15, 0.2) is 6.04 Å². The van der Waals surface area contributed by atoms with Crippen molar-refractivity contribution >= 4 is 23.9 Å². The lowest BCUT2D eigenvalue weighted by molar-refractivity contribution is -0.138. The Morgan fingerprint density at radius 2 is 1.56 bits per heavy atom. The SMILES string of the molecule is CCN(C(=O)N1CCCCC1)/C(=C/N)C(=N[C@@H](Cc1ccc(OC(=O)N2CCCC2)cc1)C(=O)O)NC(C)N(CC)CC. The first kappa shape index (κ1) is 33.7. The average molecular weight is 600 g/mol. The number of benzene rings is 1. The third-order valence-corrected chi connectivity index (χ3v) is 8.06. The predicted molar refractivity (Wildman–Crippen MR) is 167 cm³/mol. The van der Waals surface area contributed by atoms with E-state index in [0.29, 0.717) is 49.7 Å². The number of likely N-dealkylation sites (tertiary alicyclic amines) is 2. The molecule has 238 valence electrons. The third-order valence-electron chi connectivity index (χ3n) is 8.06. The second-order valence-corrected chi connectivity index (χ2v) is 10.9. The summed E-state index contributed by atoms with van der Waals surface area (Å²) in [6.45, 7) is 12.5. The van der Waals surface area contributed by atoms with Crippen molar-refractivity contribution in [2.45, 2.75) is 78.4 Å². The number of carbonyl (C=O) groups is 3. The smallest absolute Gasteiger partial charge is 0.415 e. The Balaban J connectivity index is 1.87. The lowest BCUT2D eigenvalue weighted by Crippen LogP contribution is -2.52. The van der Waals surface area contributed by atoms with E-state index in [-0.39, 0.29) is 30.5 Å². The van der Waals surface area contributed by atoms with Gasteiger partial charge in [-0.15, -0.1) is 0 Å². The monoisotopic (exact) mass is 599 g/mol. The summed E-state index contributed by atoms with van der Waals surface area (Å²) < 4.78 is 5.48. The molecule has 1 aromatic carbocycles. The maximum Gasteiger partial charge on any atom is 0.415 e. The number of amidine groups is 1. The molecule has 2 saturated heterocycles. The standard InChI is InChI=1S/C31H49N7O5/c1-5-35(6-2)23(4)33-28(27(22-32)38(7-3)30(41)36-17-9-8-10-18-36)34-26(29(39)40)21-24-13-15-25(16-14-24)43-31(42)37-19-11-12-20-37/h13-16,22-23,26H,5-12,17-21,32H2,1-4H3,(H,33,34)(H,39,40)/b27-22+/t23?,26-/m0/s1. The molecule has 2 aliphatic rings. The minimum Gasteiger partial charge on any atom is -0.480 e. The Bertz CT molecular complexity index is 1120. The number of hydrogen-bond donors (Lipinski definition) is 3. The molecule has 3 amide bonds. The van der Waals surface area contributed by atoms with Gasteiger partial charge in [0.1, 0.15) is 17.3 Å². The highest BCUT2D eigenvalue weighted by Gasteiger charge is 2.29. The van der Waals surface area contributed by atoms with E-state index >= 15 is 0 Å². The topological polar surface area (TPSA) is 144 Å². The number of aliphatic carboxylic acids is 1. The number of amides is 3. The molecular weight excluding hydrogens is 550 g/mol. The van der Waals surface area contributed by atoms with E-state index in [1.54, 1.807) is 34.1 Å². The fourth-order valence-electron chi connectivity index (χ4n) is 5.53. The number of ether oxygens (including phenoxy) is 1. The molecule has 1 aromatic rings. The Morgan fingerprint density at radius 1 is 0.977 bits per heavy atom. The number of urea groups is 1. The predicted octanol–water partition coefficient (Wildman–Crippen LogP) is 3.68. The molecule has 0 aromatic heterocycles. The van der Waals surface area contributed by atoms with E-state index in [1.165, 1.54) is 6.20 Å². The van der Waals surface area contributed by atoms with Gasteiger partial charge in [-0.3, -0.25) is 14.8 Å². The number of carboxylic acid groups (broad SMARTS) is 1. The van der Waals surface area contributed by atoms with Gasteiger partial charge in [-0.25, -0.2) is 14.4 Å². The first-order chi connectivity index (χ1) is 20.7. The molecule has 0 saturated carbocycles. The highest BCUT2D eigenvalue weighted by atomic mass is 16.6. The number of nitrogens with one attached hydrogen (secondary N) is 1. The summed E-state index contributed by atoms with van der Waals surface area (Å²) in [4.78, 5) is 50.3. The summed E-state index contributed by atoms with van der Waals surface area (Å²) in [5.74, 6) is -0.464. The number of aliphatic imine (C=N–C) groups is 1. The van der Waals surface area contributed by atoms with Crippen LogP contribution in [0, 0.1) is 0 Å². The quantitative estimate of drug-likeness (QED) is 0.188. The van der Waals surface area contributed by atoms with Crippen molar-refractivity contribution in [1.82, 2.24) is 24.9 Å². The van der Waals surface area contributed by atoms with Crippen molar-refractivity contribution in [3.63, 3.8) is 0 Å². The van der Waals surface area contributed by atoms with Gasteiger partial charge in [0, 0.05) is 45.3 Å². The summed E-state index contributed by atoms with van der Waals surface area (Å²) in [5, 5.41) is 13.6. The van der Waals surface area contributed by atoms with Crippen LogP contribution in [0.25, 0.3) is 0 Å². The van der Waals surface area contributed by atoms with Crippen molar-refractivity contribution in [3.05, 3.63) is 41.7 Å². The Morgan fingerprint density at radius 3 is 2.09 bits per heavy atom. The van der Waals surface area contributed by atoms with E-state index in [0.717, 1.165) is 45.2 Å². The minimum atomic E-state index is -1.16. The number of rotatable bonds is 12. The second-order valence-electron chi connectivity index (χ2n) is 10.9. The van der Waals surface area contributed by atoms with Crippen LogP contribution in [0.1, 0.15) is 65.4 Å². The number of hydrogen-bond acceptors (Lipinski definition) is 7. The fraction of sp³-hybridized carbons (Fsp3) is 0.613. The molecule has 0 aliphatic carbocycles. The molecule has 2 atom stereocenters. The van der Waals surface area contributed by atoms with Crippen LogP contribution >= 0.6 is 0 Å². The van der Waals surface area contributed by atoms with Crippen molar-refractivity contribution in [3.8, 4) is 5.75 Å². The largest absolute Gasteiger partial charge is 0.480 e. The number of nitrogens with two attached hydrogens (primary N) is 1. The Labute approximate surface area is 255 Å². The summed E-state index contributed by atoms with van der Waals surface area (Å²) in [6.07, 6.45) is 5.76. The van der Waals surface area contributed by atoms with Crippen LogP contribution < -0.4 is 15.8 Å². The average Bonchev–Trinajstić information content (AvgIpc) is 3.56. The molecule has 0 radical (unpaired) electrons. The summed E-state index contributed by atoms with van der Waals surface area (Å²) in [6, 6.07) is 5.46. The van der Waals surface area contributed by atoms with Crippen molar-refractivity contribution in [2.75, 3.05) is 45.8 Å². The molecule has 3 rings (SSSR count). The molecule has 12 nitrogen and oxygen atoms in total. The Kier molecular flexibility index (Phi) is 13.1. The van der Waals surface area contributed by atoms with Crippen LogP contribution in [0.4, 0.5) is 9.59 Å². The van der Waals surface area contributed by atoms with Crippen molar-refractivity contribution in [1.29, 1.82) is 0 Å². The molecular formula is C31H49N7O5. The van der Waals surface area contributed by atoms with E-state index < -0.39 is 12.0 Å². The molecule has 43 heavy (non-hydrogen) atoms. The van der Waals surface area contributed by atoms with E-state index in [1.807, 2.05) is 32.6 Å². The molecule has 2 aliphatic heterocycles. The number of nitrogens with zero attached hydrogens (tertiary/aromatic N) is 5. The highest BCUT2D eigenvalue weighted by molar-refractivity contribution is 6.02. The molecule has 2 fully saturated rings. The van der Waals surface area contributed by atoms with Crippen LogP contribution in [0.2, 0.25) is 0 Å². The summed E-state index contributed by atoms with van der Waals surface area (Å²) >= 11 is 0. The number of likely N-dealkylation sites (N-methyl/N-ethyl adjacent to an activating group) is 1. The zero-order valence-electron chi connectivity index (χ0n) is 26.1. The van der Waals surface area contributed by atoms with E-state index in [9.17, 15) is 19.5 Å². The lowest BCUT2D eigenvalue weighted by Gasteiger charge is -2.35. The summed E-state index contributed by atoms with van der Waals surface area (Å²) in [7, 11) is 0. The lowest BCUT2D eigenvalue weighted by atomic mass is 10.1. The maximum absolute atomic E-state index is 13.6. The van der Waals surface area contributed by atoms with Gasteiger partial charge in [-0.2, -0.15) is 0 Å². The van der Waals surface area contributed by atoms with E-state index in [2.05, 4.69) is 15.2 Å². The molecule has 0 bridgehead atoms. The molecule has 0 spiro atoms. The minimum absolute atomic E-state index is 0.0879. The van der Waals surface area contributed by atoms with Crippen LogP contribution in [0.15, 0.2) is 41.2 Å². The van der Waals surface area contributed by atoms with Gasteiger partial charge < -0.3 is 30.7 Å². The van der Waals surface area contributed by atoms with E-state index in [4.69, 9.17) is 10.5 Å². The van der Waals surface area contributed by atoms with Gasteiger partial charge in [0.2, 0.25) is 0 Å². The molecule has 1 unspecified atom stereocenters. The zero-order chi connectivity index (χ0) is 31.4. The first-order valence-electron chi connectivity index (χ1n) is 15.6. The van der Waals surface area contributed by atoms with Crippen LogP contribution in [0.3, 0.4) is 0 Å². The third kappa shape index (κ3) is 9.34. The highest BCUT2D eigenvalue weighted by Crippen LogP contribution is 2.19. The van der Waals surface area contributed by atoms with Crippen LogP contribution in [-0.2, 0) is 11.2 Å². The van der Waals surface area contributed by atoms with Crippen molar-refractivity contribution in [2.24, 2.45) is 10.7 Å². The second kappa shape index (κ2) is 16.7. The molecule has 2 heterocycles. The van der Waals surface area contributed by atoms with Crippen LogP contribution in [0.5, 0.6) is 5.75 Å². The van der Waals surface area contributed by atoms with Crippen molar-refractivity contribution < 1.29 is 24.2 Å². The van der Waals surface area contributed by atoms with Gasteiger partial charge in [0.25, 0.3) is 0 Å². The first-order valence-corrected chi connectivity index (χ1v) is 15.6. The summed E-state index contributed by atoms with van der Waals surface area (Å²) in [5.41, 5.74) is 7.19. The van der Waals surface area contributed by atoms with Gasteiger partial charge in [0.05, 0.1) is 6.17 Å². The van der Waals surface area contributed by atoms with Gasteiger partial charge in [-0.1, -0.05) is 26.0 Å². The number of piperidine rings is 1. The van der Waals surface area contributed by atoms with Crippen LogP contribution in [-0.4, -0.2) is 107 Å². The van der Waals surface area contributed by atoms with Gasteiger partial charge >= 0.3 is 18.1 Å². The number of carbonyl (C=O) groups excluding carboxylic acids is 2. The molecule has 4 N–H and O–H groups in total. The fourth-order valence-corrected chi connectivity index (χ4v) is 5.53.